The number of ether oxygens (including phenoxy) is 1. The molecule has 0 saturated heterocycles. The molecule has 1 aromatic carbocycles. The molecule has 18 heavy (non-hydrogen) atoms. The summed E-state index contributed by atoms with van der Waals surface area (Å²) in [5, 5.41) is 0. The molecule has 0 heterocycles. The number of hydrogen-bond acceptors (Lipinski definition) is 3. The van der Waals surface area contributed by atoms with Crippen molar-refractivity contribution < 1.29 is 13.2 Å². The van der Waals surface area contributed by atoms with Gasteiger partial charge in [-0.2, -0.15) is 0 Å². The molecule has 1 aromatic rings. The highest BCUT2D eigenvalue weighted by Crippen LogP contribution is 2.25. The molecule has 0 aliphatic rings. The molecule has 0 unspecified atom stereocenters. The average molecular weight is 291 g/mol. The Morgan fingerprint density at radius 2 is 1.94 bits per heavy atom. The topological polar surface area (TPSA) is 43.4 Å². The summed E-state index contributed by atoms with van der Waals surface area (Å²) >= 11 is 0. The summed E-state index contributed by atoms with van der Waals surface area (Å²) in [6.07, 6.45) is 0.394. The second-order valence-corrected chi connectivity index (χ2v) is 8.12. The fourth-order valence-corrected chi connectivity index (χ4v) is 2.26. The molecule has 0 fully saturated rings. The molecule has 0 N–H and O–H groups in total. The van der Waals surface area contributed by atoms with E-state index in [4.69, 9.17) is 15.4 Å². The molecule has 0 aromatic heterocycles. The van der Waals surface area contributed by atoms with Gasteiger partial charge in [-0.05, 0) is 29.5 Å². The van der Waals surface area contributed by atoms with Gasteiger partial charge in [-0.15, -0.1) is 0 Å². The second-order valence-electron chi connectivity index (χ2n) is 5.22. The van der Waals surface area contributed by atoms with E-state index in [1.54, 1.807) is 0 Å². The first-order valence-electron chi connectivity index (χ1n) is 5.84. The first kappa shape index (κ1) is 15.3. The minimum absolute atomic E-state index is 0.0620. The van der Waals surface area contributed by atoms with Crippen LogP contribution in [-0.4, -0.2) is 20.8 Å². The molecule has 3 nitrogen and oxygen atoms in total. The summed E-state index contributed by atoms with van der Waals surface area (Å²) < 4.78 is 27.0. The number of hydrogen-bond donors (Lipinski definition) is 0. The van der Waals surface area contributed by atoms with E-state index in [2.05, 4.69) is 26.8 Å². The molecule has 0 saturated carbocycles. The van der Waals surface area contributed by atoms with Crippen molar-refractivity contribution in [2.24, 2.45) is 0 Å². The van der Waals surface area contributed by atoms with E-state index in [0.717, 1.165) is 5.75 Å². The van der Waals surface area contributed by atoms with Crippen LogP contribution in [-0.2, 0) is 14.5 Å². The lowest BCUT2D eigenvalue weighted by molar-refractivity contribution is 0.317. The van der Waals surface area contributed by atoms with Gasteiger partial charge in [0.15, 0.2) is 0 Å². The predicted octanol–water partition coefficient (Wildman–Crippen LogP) is 3.32. The van der Waals surface area contributed by atoms with Crippen molar-refractivity contribution in [1.82, 2.24) is 0 Å². The summed E-state index contributed by atoms with van der Waals surface area (Å²) in [5.41, 5.74) is 1.25. The van der Waals surface area contributed by atoms with Gasteiger partial charge in [0.05, 0.1) is 12.4 Å². The van der Waals surface area contributed by atoms with Crippen LogP contribution in [0.2, 0.25) is 0 Å². The summed E-state index contributed by atoms with van der Waals surface area (Å²) in [5.74, 6) is 0.697. The monoisotopic (exact) mass is 290 g/mol. The molecule has 0 atom stereocenters. The molecule has 102 valence electrons. The first-order chi connectivity index (χ1) is 8.18. The molecule has 0 spiro atoms. The smallest absolute Gasteiger partial charge is 0.232 e. The maximum atomic E-state index is 10.7. The quantitative estimate of drug-likeness (QED) is 0.617. The molecule has 0 bridgehead atoms. The Kier molecular flexibility index (Phi) is 5.05. The maximum Gasteiger partial charge on any atom is 0.232 e. The Hall–Kier alpha value is -0.740. The van der Waals surface area contributed by atoms with E-state index in [9.17, 15) is 8.42 Å². The Bertz CT molecular complexity index is 489. The average Bonchev–Trinajstić information content (AvgIpc) is 2.22. The highest BCUT2D eigenvalue weighted by Gasteiger charge is 2.13. The van der Waals surface area contributed by atoms with Crippen molar-refractivity contribution in [2.75, 3.05) is 12.4 Å². The molecule has 0 radical (unpaired) electrons. The van der Waals surface area contributed by atoms with Gasteiger partial charge in [0, 0.05) is 10.7 Å². The van der Waals surface area contributed by atoms with E-state index in [-0.39, 0.29) is 11.2 Å². The first-order valence-corrected chi connectivity index (χ1v) is 8.32. The van der Waals surface area contributed by atoms with E-state index >= 15 is 0 Å². The maximum absolute atomic E-state index is 10.7. The molecular formula is C13H19ClO3S. The lowest BCUT2D eigenvalue weighted by Gasteiger charge is -2.19. The lowest BCUT2D eigenvalue weighted by atomic mass is 9.87. The van der Waals surface area contributed by atoms with Crippen molar-refractivity contribution >= 4 is 19.7 Å². The third-order valence-electron chi connectivity index (χ3n) is 2.50. The van der Waals surface area contributed by atoms with Crippen molar-refractivity contribution in [1.29, 1.82) is 0 Å². The van der Waals surface area contributed by atoms with Gasteiger partial charge in [-0.1, -0.05) is 32.9 Å². The Balaban J connectivity index is 2.53. The zero-order valence-electron chi connectivity index (χ0n) is 10.9. The third kappa shape index (κ3) is 5.74. The van der Waals surface area contributed by atoms with Crippen LogP contribution in [0.1, 0.15) is 32.8 Å². The number of halogens is 1. The summed E-state index contributed by atoms with van der Waals surface area (Å²) in [6, 6.07) is 7.84. The van der Waals surface area contributed by atoms with Crippen LogP contribution in [0, 0.1) is 0 Å². The van der Waals surface area contributed by atoms with E-state index in [1.165, 1.54) is 5.56 Å². The van der Waals surface area contributed by atoms with Crippen molar-refractivity contribution in [3.8, 4) is 5.75 Å². The van der Waals surface area contributed by atoms with Crippen LogP contribution in [0.3, 0.4) is 0 Å². The summed E-state index contributed by atoms with van der Waals surface area (Å²) in [7, 11) is 1.70. The molecule has 0 amide bonds. The Morgan fingerprint density at radius 1 is 1.28 bits per heavy atom. The molecule has 0 aliphatic carbocycles. The van der Waals surface area contributed by atoms with Gasteiger partial charge in [0.2, 0.25) is 9.05 Å². The molecule has 5 heteroatoms. The zero-order chi connectivity index (χ0) is 13.8. The summed E-state index contributed by atoms with van der Waals surface area (Å²) in [4.78, 5) is 0. The van der Waals surface area contributed by atoms with Gasteiger partial charge >= 0.3 is 0 Å². The van der Waals surface area contributed by atoms with Gasteiger partial charge in [0.25, 0.3) is 0 Å². The Labute approximate surface area is 114 Å². The predicted molar refractivity (Wildman–Crippen MR) is 74.9 cm³/mol. The second kappa shape index (κ2) is 5.93. The minimum Gasteiger partial charge on any atom is -0.494 e. The van der Waals surface area contributed by atoms with Crippen LogP contribution in [0.25, 0.3) is 0 Å². The summed E-state index contributed by atoms with van der Waals surface area (Å²) in [6.45, 7) is 6.74. The molecule has 0 aliphatic heterocycles. The van der Waals surface area contributed by atoms with E-state index in [0.29, 0.717) is 13.0 Å². The Morgan fingerprint density at radius 3 is 2.50 bits per heavy atom. The van der Waals surface area contributed by atoms with Crippen LogP contribution in [0.4, 0.5) is 0 Å². The highest BCUT2D eigenvalue weighted by atomic mass is 35.7. The van der Waals surface area contributed by atoms with E-state index in [1.807, 2.05) is 18.2 Å². The molecular weight excluding hydrogens is 272 g/mol. The van der Waals surface area contributed by atoms with Gasteiger partial charge < -0.3 is 4.74 Å². The van der Waals surface area contributed by atoms with Crippen molar-refractivity contribution in [3.05, 3.63) is 29.8 Å². The van der Waals surface area contributed by atoms with Crippen LogP contribution in [0.5, 0.6) is 5.75 Å². The fourth-order valence-electron chi connectivity index (χ4n) is 1.47. The van der Waals surface area contributed by atoms with E-state index < -0.39 is 9.05 Å². The van der Waals surface area contributed by atoms with Crippen LogP contribution >= 0.6 is 10.7 Å². The SMILES string of the molecule is CC(C)(C)c1cccc(OCCCS(=O)(=O)Cl)c1. The normalized spacial score (nSPS) is 12.4. The highest BCUT2D eigenvalue weighted by molar-refractivity contribution is 8.13. The van der Waals surface area contributed by atoms with Gasteiger partial charge in [-0.3, -0.25) is 0 Å². The number of rotatable bonds is 5. The molecule has 1 rings (SSSR count). The standard InChI is InChI=1S/C13H19ClO3S/c1-13(2,3)11-6-4-7-12(10-11)17-8-5-9-18(14,15)16/h4,6-7,10H,5,8-9H2,1-3H3. The van der Waals surface area contributed by atoms with Crippen molar-refractivity contribution in [3.63, 3.8) is 0 Å². The van der Waals surface area contributed by atoms with Gasteiger partial charge in [0.1, 0.15) is 5.75 Å². The third-order valence-corrected chi connectivity index (χ3v) is 3.74. The fraction of sp³-hybridized carbons (Fsp3) is 0.538. The lowest BCUT2D eigenvalue weighted by Crippen LogP contribution is -2.11. The zero-order valence-corrected chi connectivity index (χ0v) is 12.5. The van der Waals surface area contributed by atoms with Crippen LogP contribution in [0.15, 0.2) is 24.3 Å². The number of benzene rings is 1. The largest absolute Gasteiger partial charge is 0.494 e. The van der Waals surface area contributed by atoms with Gasteiger partial charge in [-0.25, -0.2) is 8.42 Å². The van der Waals surface area contributed by atoms with Crippen molar-refractivity contribution in [2.45, 2.75) is 32.6 Å². The van der Waals surface area contributed by atoms with Crippen LogP contribution < -0.4 is 4.74 Å². The minimum atomic E-state index is -3.42.